The van der Waals surface area contributed by atoms with Gasteiger partial charge in [-0.25, -0.2) is 4.98 Å². The Morgan fingerprint density at radius 2 is 1.18 bits per heavy atom. The van der Waals surface area contributed by atoms with Crippen LogP contribution in [0, 0.1) is 0 Å². The summed E-state index contributed by atoms with van der Waals surface area (Å²) < 4.78 is 11.2. The van der Waals surface area contributed by atoms with E-state index in [1.54, 1.807) is 11.8 Å². The van der Waals surface area contributed by atoms with Gasteiger partial charge in [-0.05, 0) is 68.8 Å². The molecule has 1 heterocycles. The van der Waals surface area contributed by atoms with Gasteiger partial charge in [-0.1, -0.05) is 50.8 Å². The number of benzene rings is 2. The highest BCUT2D eigenvalue weighted by atomic mass is 32.2. The monoisotopic (exact) mass is 465 g/mol. The Bertz CT molecular complexity index is 962. The topological polar surface area (TPSA) is 57.1 Å². The lowest BCUT2D eigenvalue weighted by atomic mass is 10.0. The van der Waals surface area contributed by atoms with Crippen LogP contribution in [0.5, 0.6) is 11.5 Å². The third-order valence-corrected chi connectivity index (χ3v) is 6.20. The molecule has 0 radical (unpaired) electrons. The van der Waals surface area contributed by atoms with Crippen molar-refractivity contribution in [3.8, 4) is 34.0 Å². The molecule has 0 amide bonds. The van der Waals surface area contributed by atoms with Gasteiger partial charge in [-0.3, -0.25) is 0 Å². The molecule has 0 fully saturated rings. The summed E-state index contributed by atoms with van der Waals surface area (Å²) in [6, 6.07) is 16.0. The van der Waals surface area contributed by atoms with E-state index in [0.29, 0.717) is 13.2 Å². The second-order valence-electron chi connectivity index (χ2n) is 7.82. The summed E-state index contributed by atoms with van der Waals surface area (Å²) in [4.78, 5) is 4.92. The van der Waals surface area contributed by atoms with Crippen LogP contribution in [0.4, 0.5) is 0 Å². The predicted octanol–water partition coefficient (Wildman–Crippen LogP) is 7.46. The van der Waals surface area contributed by atoms with Gasteiger partial charge in [0.25, 0.3) is 0 Å². The van der Waals surface area contributed by atoms with E-state index in [9.17, 15) is 0 Å². The zero-order valence-corrected chi connectivity index (χ0v) is 20.9. The highest BCUT2D eigenvalue weighted by Crippen LogP contribution is 2.32. The molecular formula is C27H35N3O2S. The van der Waals surface area contributed by atoms with E-state index in [4.69, 9.17) is 14.5 Å². The molecule has 5 nitrogen and oxygen atoms in total. The quantitative estimate of drug-likeness (QED) is 0.182. The fraction of sp³-hybridized carbons (Fsp3) is 0.444. The lowest BCUT2D eigenvalue weighted by Gasteiger charge is -2.11. The van der Waals surface area contributed by atoms with E-state index >= 15 is 0 Å². The van der Waals surface area contributed by atoms with Crippen molar-refractivity contribution in [2.75, 3.05) is 19.0 Å². The number of nitrogens with zero attached hydrogens (tertiary/aromatic N) is 3. The maximum absolute atomic E-state index is 5.61. The molecule has 176 valence electrons. The molecule has 3 rings (SSSR count). The second kappa shape index (κ2) is 13.8. The smallest absolute Gasteiger partial charge is 0.209 e. The molecule has 0 spiro atoms. The lowest BCUT2D eigenvalue weighted by Crippen LogP contribution is -2.00. The predicted molar refractivity (Wildman–Crippen MR) is 137 cm³/mol. The van der Waals surface area contributed by atoms with Crippen molar-refractivity contribution >= 4 is 11.8 Å². The molecule has 0 aliphatic heterocycles. The number of rotatable bonds is 14. The molecule has 0 aliphatic rings. The minimum atomic E-state index is 0.642. The van der Waals surface area contributed by atoms with Gasteiger partial charge < -0.3 is 9.47 Å². The van der Waals surface area contributed by atoms with Crippen LogP contribution in [0.1, 0.15) is 59.3 Å². The average Bonchev–Trinajstić information content (AvgIpc) is 2.85. The van der Waals surface area contributed by atoms with Crippen molar-refractivity contribution in [3.63, 3.8) is 0 Å². The first-order valence-electron chi connectivity index (χ1n) is 12.1. The Hall–Kier alpha value is -2.60. The number of thioether (sulfide) groups is 1. The molecular weight excluding hydrogens is 430 g/mol. The third kappa shape index (κ3) is 7.74. The van der Waals surface area contributed by atoms with Crippen LogP contribution in [0.3, 0.4) is 0 Å². The molecule has 0 unspecified atom stereocenters. The fourth-order valence-electron chi connectivity index (χ4n) is 3.57. The summed E-state index contributed by atoms with van der Waals surface area (Å²) in [5, 5.41) is 9.76. The molecule has 33 heavy (non-hydrogen) atoms. The number of hydrogen-bond donors (Lipinski definition) is 0. The Labute approximate surface area is 202 Å². The Morgan fingerprint density at radius 3 is 1.76 bits per heavy atom. The summed E-state index contributed by atoms with van der Waals surface area (Å²) in [5.41, 5.74) is 3.57. The molecule has 0 bridgehead atoms. The van der Waals surface area contributed by atoms with Gasteiger partial charge in [0.1, 0.15) is 22.9 Å². The van der Waals surface area contributed by atoms with E-state index in [1.165, 1.54) is 38.5 Å². The van der Waals surface area contributed by atoms with Gasteiger partial charge in [0, 0.05) is 16.9 Å². The second-order valence-corrected chi connectivity index (χ2v) is 8.88. The molecule has 6 heteroatoms. The van der Waals surface area contributed by atoms with Crippen LogP contribution < -0.4 is 9.47 Å². The molecule has 0 N–H and O–H groups in total. The first kappa shape index (κ1) is 25.0. The van der Waals surface area contributed by atoms with E-state index < -0.39 is 0 Å². The van der Waals surface area contributed by atoms with Gasteiger partial charge in [0.2, 0.25) is 5.16 Å². The summed E-state index contributed by atoms with van der Waals surface area (Å²) in [5.74, 6) is 2.71. The maximum atomic E-state index is 5.61. The number of ether oxygens (including phenoxy) is 2. The number of aromatic nitrogens is 3. The van der Waals surface area contributed by atoms with E-state index in [-0.39, 0.29) is 0 Å². The zero-order valence-electron chi connectivity index (χ0n) is 20.0. The van der Waals surface area contributed by atoms with E-state index in [1.807, 2.05) is 62.4 Å². The SMILES string of the molecule is CCCCCCCCSc1nnc(-c2ccc(OCC)cc2)c(-c2ccc(OCC)cc2)n1. The summed E-state index contributed by atoms with van der Waals surface area (Å²) in [6.45, 7) is 7.50. The van der Waals surface area contributed by atoms with Gasteiger partial charge in [-0.2, -0.15) is 0 Å². The van der Waals surface area contributed by atoms with Crippen molar-refractivity contribution in [1.29, 1.82) is 0 Å². The van der Waals surface area contributed by atoms with Crippen LogP contribution in [-0.2, 0) is 0 Å². The van der Waals surface area contributed by atoms with Gasteiger partial charge in [-0.15, -0.1) is 10.2 Å². The lowest BCUT2D eigenvalue weighted by molar-refractivity contribution is 0.340. The number of hydrogen-bond acceptors (Lipinski definition) is 6. The highest BCUT2D eigenvalue weighted by molar-refractivity contribution is 7.99. The summed E-state index contributed by atoms with van der Waals surface area (Å²) in [6.07, 6.45) is 7.69. The minimum absolute atomic E-state index is 0.642. The maximum Gasteiger partial charge on any atom is 0.209 e. The fourth-order valence-corrected chi connectivity index (χ4v) is 4.35. The molecule has 2 aromatic carbocycles. The third-order valence-electron chi connectivity index (χ3n) is 5.27. The average molecular weight is 466 g/mol. The number of unbranched alkanes of at least 4 members (excludes halogenated alkanes) is 5. The van der Waals surface area contributed by atoms with Gasteiger partial charge >= 0.3 is 0 Å². The first-order chi connectivity index (χ1) is 16.2. The summed E-state index contributed by atoms with van der Waals surface area (Å²) >= 11 is 1.69. The highest BCUT2D eigenvalue weighted by Gasteiger charge is 2.14. The van der Waals surface area contributed by atoms with Crippen molar-refractivity contribution in [3.05, 3.63) is 48.5 Å². The Balaban J connectivity index is 1.79. The molecule has 0 saturated heterocycles. The van der Waals surface area contributed by atoms with Crippen molar-refractivity contribution in [2.45, 2.75) is 64.5 Å². The molecule has 1 aromatic heterocycles. The molecule has 0 atom stereocenters. The Kier molecular flexibility index (Phi) is 10.5. The van der Waals surface area contributed by atoms with Crippen LogP contribution in [-0.4, -0.2) is 34.1 Å². The molecule has 0 saturated carbocycles. The van der Waals surface area contributed by atoms with Crippen LogP contribution in [0.2, 0.25) is 0 Å². The van der Waals surface area contributed by atoms with Crippen LogP contribution in [0.25, 0.3) is 22.5 Å². The van der Waals surface area contributed by atoms with Crippen molar-refractivity contribution in [2.24, 2.45) is 0 Å². The summed E-state index contributed by atoms with van der Waals surface area (Å²) in [7, 11) is 0. The van der Waals surface area contributed by atoms with Crippen LogP contribution >= 0.6 is 11.8 Å². The zero-order chi connectivity index (χ0) is 23.3. The van der Waals surface area contributed by atoms with Crippen molar-refractivity contribution < 1.29 is 9.47 Å². The van der Waals surface area contributed by atoms with Crippen LogP contribution in [0.15, 0.2) is 53.7 Å². The Morgan fingerprint density at radius 1 is 0.636 bits per heavy atom. The first-order valence-corrected chi connectivity index (χ1v) is 13.1. The standard InChI is InChI=1S/C27H35N3O2S/c1-4-7-8-9-10-11-20-33-27-28-25(21-12-16-23(17-13-21)31-5-2)26(29-30-27)22-14-18-24(19-15-22)32-6-3/h12-19H,4-11,20H2,1-3H3. The van der Waals surface area contributed by atoms with Crippen molar-refractivity contribution in [1.82, 2.24) is 15.2 Å². The normalized spacial score (nSPS) is 10.9. The largest absolute Gasteiger partial charge is 0.494 e. The van der Waals surface area contributed by atoms with Gasteiger partial charge in [0.15, 0.2) is 0 Å². The van der Waals surface area contributed by atoms with E-state index in [2.05, 4.69) is 17.1 Å². The molecule has 0 aliphatic carbocycles. The minimum Gasteiger partial charge on any atom is -0.494 e. The van der Waals surface area contributed by atoms with E-state index in [0.717, 1.165) is 44.9 Å². The molecule has 3 aromatic rings. The van der Waals surface area contributed by atoms with Gasteiger partial charge in [0.05, 0.1) is 13.2 Å².